The van der Waals surface area contributed by atoms with E-state index in [2.05, 4.69) is 25.3 Å². The van der Waals surface area contributed by atoms with Crippen molar-refractivity contribution in [1.29, 1.82) is 0 Å². The zero-order valence-electron chi connectivity index (χ0n) is 35.4. The molecular weight excluding hydrogens is 871 g/mol. The van der Waals surface area contributed by atoms with Crippen LogP contribution in [0.15, 0.2) is 107 Å². The number of halogens is 3. The van der Waals surface area contributed by atoms with E-state index in [4.69, 9.17) is 44.3 Å². The Bertz CT molecular complexity index is 2540. The molecule has 2 fully saturated rings. The molecule has 336 valence electrons. The van der Waals surface area contributed by atoms with Gasteiger partial charge < -0.3 is 24.6 Å². The number of rotatable bonds is 13. The van der Waals surface area contributed by atoms with Gasteiger partial charge in [0.05, 0.1) is 13.2 Å². The molecule has 0 radical (unpaired) electrons. The number of anilines is 2. The standard InChI is InChI=1S/C22H26ClN5O3.C13H17ClN2O2.C9H10ClN3O/c1-2-31-21(29)19-16-25(13-14-26(19)18-8-5-7-17(23)15-18)10-6-12-28-22(30)27-11-4-3-9-20(27)24-28;1-2-18-13(17)12-9-15-6-7-16(12)11-5-3-4-10(14)8-11;10-5-3-7-13-9(14)12-6-2-1-4-8(12)11-13/h3-5,7-9,11,15,19H,2,6,10,12-14,16H2,1H3;3-5,8,12,15H,2,6-7,9H2,1H3;1-2,4,6H,3,5,7H2. The van der Waals surface area contributed by atoms with E-state index in [1.807, 2.05) is 97.6 Å². The summed E-state index contributed by atoms with van der Waals surface area (Å²) in [6.07, 6.45) is 4.95. The van der Waals surface area contributed by atoms with Crippen molar-refractivity contribution in [1.82, 2.24) is 38.6 Å². The van der Waals surface area contributed by atoms with Gasteiger partial charge in [0.25, 0.3) is 0 Å². The number of esters is 2. The second-order valence-corrected chi connectivity index (χ2v) is 15.9. The number of fused-ring (bicyclic) bond motifs is 2. The Labute approximate surface area is 380 Å². The number of pyridine rings is 2. The highest BCUT2D eigenvalue weighted by Gasteiger charge is 2.34. The van der Waals surface area contributed by atoms with Gasteiger partial charge in [-0.1, -0.05) is 47.5 Å². The first kappa shape index (κ1) is 47.1. The number of aromatic nitrogens is 6. The van der Waals surface area contributed by atoms with Crippen LogP contribution in [-0.4, -0.2) is 122 Å². The first-order chi connectivity index (χ1) is 30.6. The molecule has 0 amide bonds. The lowest BCUT2D eigenvalue weighted by atomic mass is 10.1. The van der Waals surface area contributed by atoms with Crippen molar-refractivity contribution in [2.24, 2.45) is 0 Å². The third kappa shape index (κ3) is 12.4. The second-order valence-electron chi connectivity index (χ2n) is 14.7. The van der Waals surface area contributed by atoms with E-state index in [0.717, 1.165) is 50.4 Å². The number of benzene rings is 2. The number of piperazine rings is 2. The Hall–Kier alpha value is -5.39. The number of carbonyl (C=O) groups excluding carboxylic acids is 2. The minimum Gasteiger partial charge on any atom is -0.464 e. The first-order valence-electron chi connectivity index (χ1n) is 21.1. The van der Waals surface area contributed by atoms with Gasteiger partial charge >= 0.3 is 23.3 Å². The summed E-state index contributed by atoms with van der Waals surface area (Å²) in [6, 6.07) is 25.4. The SMILES string of the molecule is CCOC(=O)C1CN(CCCn2nc3ccccn3c2=O)CCN1c1cccc(Cl)c1.CCOC(=O)C1CNCCN1c1cccc(Cl)c1.O=c1n(CCCCl)nc2ccccn12. The Balaban J connectivity index is 0.000000174. The molecule has 63 heavy (non-hydrogen) atoms. The number of nitrogens with one attached hydrogen (secondary N) is 1. The zero-order chi connectivity index (χ0) is 44.7. The summed E-state index contributed by atoms with van der Waals surface area (Å²) in [5.41, 5.74) is 2.96. The summed E-state index contributed by atoms with van der Waals surface area (Å²) >= 11 is 17.7. The van der Waals surface area contributed by atoms with Crippen molar-refractivity contribution in [3.63, 3.8) is 0 Å². The molecule has 0 saturated carbocycles. The van der Waals surface area contributed by atoms with E-state index >= 15 is 0 Å². The Morgan fingerprint density at radius 2 is 1.22 bits per heavy atom. The van der Waals surface area contributed by atoms with E-state index in [0.29, 0.717) is 73.2 Å². The average molecular weight is 924 g/mol. The molecule has 4 aromatic heterocycles. The Morgan fingerprint density at radius 3 is 1.75 bits per heavy atom. The van der Waals surface area contributed by atoms with Gasteiger partial charge in [-0.25, -0.2) is 28.5 Å². The van der Waals surface area contributed by atoms with Crippen molar-refractivity contribution < 1.29 is 19.1 Å². The molecule has 16 nitrogen and oxygen atoms in total. The van der Waals surface area contributed by atoms with Crippen LogP contribution in [0.5, 0.6) is 0 Å². The number of aryl methyl sites for hydroxylation is 2. The van der Waals surface area contributed by atoms with E-state index in [9.17, 15) is 19.2 Å². The van der Waals surface area contributed by atoms with Gasteiger partial charge in [-0.05, 0) is 87.4 Å². The molecule has 8 rings (SSSR count). The van der Waals surface area contributed by atoms with E-state index in [-0.39, 0.29) is 29.4 Å². The number of alkyl halides is 1. The van der Waals surface area contributed by atoms with Crippen LogP contribution >= 0.6 is 34.8 Å². The molecular formula is C44H53Cl3N10O6. The van der Waals surface area contributed by atoms with Gasteiger partial charge in [-0.2, -0.15) is 0 Å². The first-order valence-corrected chi connectivity index (χ1v) is 22.4. The molecule has 1 N–H and O–H groups in total. The smallest absolute Gasteiger partial charge is 0.350 e. The lowest BCUT2D eigenvalue weighted by Gasteiger charge is -2.41. The minimum absolute atomic E-state index is 0.106. The van der Waals surface area contributed by atoms with Gasteiger partial charge in [-0.15, -0.1) is 21.8 Å². The largest absolute Gasteiger partial charge is 0.464 e. The lowest BCUT2D eigenvalue weighted by Crippen LogP contribution is -2.57. The van der Waals surface area contributed by atoms with Crippen molar-refractivity contribution in [3.05, 3.63) is 128 Å². The second kappa shape index (κ2) is 23.3. The van der Waals surface area contributed by atoms with Gasteiger partial charge in [0.1, 0.15) is 12.1 Å². The molecule has 2 aliphatic rings. The number of ether oxygens (including phenoxy) is 2. The fraction of sp³-hybridized carbons (Fsp3) is 0.409. The Morgan fingerprint density at radius 1 is 0.683 bits per heavy atom. The highest BCUT2D eigenvalue weighted by molar-refractivity contribution is 6.31. The molecule has 2 atom stereocenters. The van der Waals surface area contributed by atoms with Crippen LogP contribution < -0.4 is 26.5 Å². The quantitative estimate of drug-likeness (QED) is 0.121. The van der Waals surface area contributed by atoms with Crippen LogP contribution in [0.3, 0.4) is 0 Å². The maximum absolute atomic E-state index is 12.7. The third-order valence-corrected chi connectivity index (χ3v) is 11.2. The predicted octanol–water partition coefficient (Wildman–Crippen LogP) is 5.10. The highest BCUT2D eigenvalue weighted by Crippen LogP contribution is 2.25. The van der Waals surface area contributed by atoms with E-state index in [1.54, 1.807) is 22.9 Å². The van der Waals surface area contributed by atoms with E-state index in [1.165, 1.54) is 13.8 Å². The van der Waals surface area contributed by atoms with Crippen molar-refractivity contribution in [2.45, 2.75) is 51.9 Å². The fourth-order valence-corrected chi connectivity index (χ4v) is 7.93. The number of carbonyl (C=O) groups is 2. The Kier molecular flexibility index (Phi) is 17.4. The van der Waals surface area contributed by atoms with Crippen LogP contribution in [0.25, 0.3) is 11.3 Å². The van der Waals surface area contributed by atoms with Crippen LogP contribution in [0.4, 0.5) is 11.4 Å². The summed E-state index contributed by atoms with van der Waals surface area (Å²) in [4.78, 5) is 55.0. The lowest BCUT2D eigenvalue weighted by molar-refractivity contribution is -0.146. The van der Waals surface area contributed by atoms with Gasteiger partial charge in [0.15, 0.2) is 11.3 Å². The molecule has 2 unspecified atom stereocenters. The number of hydrogen-bond acceptors (Lipinski definition) is 12. The normalized spacial score (nSPS) is 16.5. The fourth-order valence-electron chi connectivity index (χ4n) is 7.44. The highest BCUT2D eigenvalue weighted by atomic mass is 35.5. The minimum atomic E-state index is -0.398. The molecule has 0 spiro atoms. The molecule has 0 aliphatic carbocycles. The summed E-state index contributed by atoms with van der Waals surface area (Å²) in [7, 11) is 0. The topological polar surface area (TPSA) is 153 Å². The third-order valence-electron chi connectivity index (χ3n) is 10.4. The molecule has 0 bridgehead atoms. The van der Waals surface area contributed by atoms with Crippen molar-refractivity contribution in [2.75, 3.05) is 74.7 Å². The number of hydrogen-bond donors (Lipinski definition) is 1. The van der Waals surface area contributed by atoms with Crippen LogP contribution in [0.1, 0.15) is 26.7 Å². The van der Waals surface area contributed by atoms with Gasteiger partial charge in [0, 0.05) is 98.6 Å². The average Bonchev–Trinajstić information content (AvgIpc) is 3.80. The van der Waals surface area contributed by atoms with Crippen molar-refractivity contribution in [3.8, 4) is 0 Å². The van der Waals surface area contributed by atoms with Gasteiger partial charge in [0.2, 0.25) is 0 Å². The van der Waals surface area contributed by atoms with Crippen LogP contribution in [-0.2, 0) is 32.2 Å². The maximum atomic E-state index is 12.7. The summed E-state index contributed by atoms with van der Waals surface area (Å²) in [6.45, 7) is 10.5. The molecule has 6 aromatic rings. The number of nitrogens with zero attached hydrogens (tertiary/aromatic N) is 9. The zero-order valence-corrected chi connectivity index (χ0v) is 37.7. The molecule has 2 aliphatic heterocycles. The maximum Gasteiger partial charge on any atom is 0.350 e. The summed E-state index contributed by atoms with van der Waals surface area (Å²) in [5.74, 6) is 0.119. The van der Waals surface area contributed by atoms with Gasteiger partial charge in [-0.3, -0.25) is 13.7 Å². The monoisotopic (exact) mass is 922 g/mol. The molecule has 6 heterocycles. The van der Waals surface area contributed by atoms with Crippen LogP contribution in [0, 0.1) is 0 Å². The summed E-state index contributed by atoms with van der Waals surface area (Å²) < 4.78 is 16.5. The van der Waals surface area contributed by atoms with E-state index < -0.39 is 6.04 Å². The predicted molar refractivity (Wildman–Crippen MR) is 247 cm³/mol. The van der Waals surface area contributed by atoms with Crippen LogP contribution in [0.2, 0.25) is 10.0 Å². The summed E-state index contributed by atoms with van der Waals surface area (Å²) in [5, 5.41) is 13.1. The molecule has 2 saturated heterocycles. The van der Waals surface area contributed by atoms with Crippen molar-refractivity contribution >= 4 is 69.4 Å². The molecule has 19 heteroatoms. The molecule has 2 aromatic carbocycles.